The monoisotopic (exact) mass is 457 g/mol. The number of hydrogen-bond donors (Lipinski definition) is 3. The van der Waals surface area contributed by atoms with Gasteiger partial charge in [0, 0.05) is 41.3 Å². The van der Waals surface area contributed by atoms with E-state index in [0.29, 0.717) is 23.7 Å². The van der Waals surface area contributed by atoms with Crippen molar-refractivity contribution in [2.75, 3.05) is 25.8 Å². The van der Waals surface area contributed by atoms with Crippen LogP contribution >= 0.6 is 0 Å². The van der Waals surface area contributed by atoms with Crippen LogP contribution in [-0.2, 0) is 4.79 Å². The lowest BCUT2D eigenvalue weighted by molar-refractivity contribution is -0.117. The molecule has 7 nitrogen and oxygen atoms in total. The molecule has 0 radical (unpaired) electrons. The second-order valence-corrected chi connectivity index (χ2v) is 8.30. The number of ether oxygens (including phenoxy) is 3. The van der Waals surface area contributed by atoms with Crippen molar-refractivity contribution < 1.29 is 19.0 Å². The molecule has 0 aliphatic carbocycles. The quantitative estimate of drug-likeness (QED) is 0.359. The Bertz CT molecular complexity index is 1300. The van der Waals surface area contributed by atoms with Crippen LogP contribution in [0.5, 0.6) is 17.2 Å². The summed E-state index contributed by atoms with van der Waals surface area (Å²) in [5.41, 5.74) is 4.08. The van der Waals surface area contributed by atoms with E-state index in [1.165, 1.54) is 10.9 Å². The predicted octanol–water partition coefficient (Wildman–Crippen LogP) is 4.65. The summed E-state index contributed by atoms with van der Waals surface area (Å²) in [6.45, 7) is 2.65. The van der Waals surface area contributed by atoms with E-state index < -0.39 is 6.04 Å². The smallest absolute Gasteiger partial charge is 0.241 e. The van der Waals surface area contributed by atoms with Crippen molar-refractivity contribution in [2.45, 2.75) is 18.9 Å². The molecule has 3 aromatic carbocycles. The number of methoxy groups -OCH3 is 1. The Balaban J connectivity index is 1.33. The first kappa shape index (κ1) is 21.9. The van der Waals surface area contributed by atoms with E-state index in [2.05, 4.69) is 46.1 Å². The minimum absolute atomic E-state index is 0.0443. The first-order valence-corrected chi connectivity index (χ1v) is 11.3. The average molecular weight is 458 g/mol. The second-order valence-electron chi connectivity index (χ2n) is 8.30. The third-order valence-corrected chi connectivity index (χ3v) is 6.18. The lowest BCUT2D eigenvalue weighted by atomic mass is 9.90. The highest BCUT2D eigenvalue weighted by Gasteiger charge is 2.22. The van der Waals surface area contributed by atoms with Crippen molar-refractivity contribution in [3.8, 4) is 17.2 Å². The van der Waals surface area contributed by atoms with Crippen molar-refractivity contribution in [1.29, 1.82) is 0 Å². The Hall–Kier alpha value is -3.97. The Labute approximate surface area is 198 Å². The zero-order valence-electron chi connectivity index (χ0n) is 19.1. The Morgan fingerprint density at radius 2 is 1.85 bits per heavy atom. The number of hydrogen-bond acceptors (Lipinski definition) is 5. The van der Waals surface area contributed by atoms with E-state index in [9.17, 15) is 4.79 Å². The maximum atomic E-state index is 12.9. The zero-order valence-corrected chi connectivity index (χ0v) is 19.1. The minimum atomic E-state index is -0.406. The van der Waals surface area contributed by atoms with Gasteiger partial charge in [0.25, 0.3) is 0 Å². The fourth-order valence-corrected chi connectivity index (χ4v) is 4.24. The number of amides is 1. The molecular weight excluding hydrogens is 430 g/mol. The third kappa shape index (κ3) is 4.43. The van der Waals surface area contributed by atoms with Gasteiger partial charge in [0.05, 0.1) is 13.2 Å². The Kier molecular flexibility index (Phi) is 6.10. The Morgan fingerprint density at radius 1 is 1.06 bits per heavy atom. The van der Waals surface area contributed by atoms with Gasteiger partial charge in [-0.1, -0.05) is 30.3 Å². The van der Waals surface area contributed by atoms with Crippen LogP contribution < -0.4 is 24.8 Å². The van der Waals surface area contributed by atoms with Gasteiger partial charge in [-0.2, -0.15) is 0 Å². The molecule has 4 aromatic rings. The first-order valence-electron chi connectivity index (χ1n) is 11.3. The number of aromatic amines is 1. The summed E-state index contributed by atoms with van der Waals surface area (Å²) in [5.74, 6) is 2.06. The van der Waals surface area contributed by atoms with Crippen LogP contribution in [0.15, 0.2) is 72.9 Å². The molecule has 0 fully saturated rings. The topological polar surface area (TPSA) is 84.6 Å². The maximum Gasteiger partial charge on any atom is 0.241 e. The second kappa shape index (κ2) is 9.49. The van der Waals surface area contributed by atoms with E-state index >= 15 is 0 Å². The number of H-pyrrole nitrogens is 1. The number of nitrogens with one attached hydrogen (secondary N) is 3. The molecule has 34 heavy (non-hydrogen) atoms. The van der Waals surface area contributed by atoms with Gasteiger partial charge in [0.1, 0.15) is 5.75 Å². The molecule has 3 N–H and O–H groups in total. The number of carbonyl (C=O) groups is 1. The van der Waals surface area contributed by atoms with E-state index in [1.54, 1.807) is 19.2 Å². The number of benzene rings is 3. The summed E-state index contributed by atoms with van der Waals surface area (Å²) in [7, 11) is 1.66. The molecule has 5 rings (SSSR count). The van der Waals surface area contributed by atoms with E-state index in [4.69, 9.17) is 14.2 Å². The van der Waals surface area contributed by atoms with E-state index in [-0.39, 0.29) is 18.6 Å². The number of para-hydroxylation sites is 1. The number of anilines is 1. The van der Waals surface area contributed by atoms with Crippen molar-refractivity contribution in [3.05, 3.63) is 84.1 Å². The summed E-state index contributed by atoms with van der Waals surface area (Å²) < 4.78 is 16.1. The van der Waals surface area contributed by atoms with Crippen molar-refractivity contribution >= 4 is 22.5 Å². The summed E-state index contributed by atoms with van der Waals surface area (Å²) in [5, 5.41) is 7.55. The minimum Gasteiger partial charge on any atom is -0.497 e. The molecule has 7 heteroatoms. The van der Waals surface area contributed by atoms with Crippen molar-refractivity contribution in [1.82, 2.24) is 10.3 Å². The number of fused-ring (bicyclic) bond motifs is 2. The third-order valence-electron chi connectivity index (χ3n) is 6.18. The van der Waals surface area contributed by atoms with Crippen molar-refractivity contribution in [2.24, 2.45) is 0 Å². The predicted molar refractivity (Wildman–Crippen MR) is 132 cm³/mol. The summed E-state index contributed by atoms with van der Waals surface area (Å²) in [6, 6.07) is 21.3. The highest BCUT2D eigenvalue weighted by Crippen LogP contribution is 2.34. The molecule has 1 aromatic heterocycles. The largest absolute Gasteiger partial charge is 0.497 e. The number of carbonyl (C=O) groups excluding carboxylic acids is 1. The summed E-state index contributed by atoms with van der Waals surface area (Å²) in [4.78, 5) is 16.2. The van der Waals surface area contributed by atoms with Gasteiger partial charge >= 0.3 is 0 Å². The van der Waals surface area contributed by atoms with Crippen LogP contribution in [0.3, 0.4) is 0 Å². The van der Waals surface area contributed by atoms with Crippen molar-refractivity contribution in [3.63, 3.8) is 0 Å². The summed E-state index contributed by atoms with van der Waals surface area (Å²) >= 11 is 0. The van der Waals surface area contributed by atoms with Gasteiger partial charge in [0.15, 0.2) is 11.5 Å². The highest BCUT2D eigenvalue weighted by atomic mass is 16.7. The standard InChI is InChI=1S/C27H27N3O4/c1-17(27(31)30-19-9-12-25-26(13-19)34-16-33-25)28-14-22(18-7-10-20(32-2)11-8-18)23-15-29-24-6-4-3-5-21(23)24/h3-13,15,17,22,28-29H,14,16H2,1-2H3,(H,30,31). The fraction of sp³-hybridized carbons (Fsp3) is 0.222. The lowest BCUT2D eigenvalue weighted by Gasteiger charge is -2.21. The molecule has 1 amide bonds. The van der Waals surface area contributed by atoms with Gasteiger partial charge in [-0.3, -0.25) is 4.79 Å². The molecule has 0 saturated carbocycles. The van der Waals surface area contributed by atoms with Gasteiger partial charge in [-0.15, -0.1) is 0 Å². The molecule has 0 saturated heterocycles. The average Bonchev–Trinajstić information content (AvgIpc) is 3.51. The maximum absolute atomic E-state index is 12.9. The van der Waals surface area contributed by atoms with Gasteiger partial charge in [-0.05, 0) is 48.4 Å². The lowest BCUT2D eigenvalue weighted by Crippen LogP contribution is -2.40. The molecule has 1 aliphatic rings. The molecule has 0 spiro atoms. The van der Waals surface area contributed by atoms with Crippen LogP contribution in [0, 0.1) is 0 Å². The van der Waals surface area contributed by atoms with Gasteiger partial charge in [0.2, 0.25) is 12.7 Å². The van der Waals surface area contributed by atoms with Crippen LogP contribution in [-0.4, -0.2) is 37.4 Å². The van der Waals surface area contributed by atoms with E-state index in [1.807, 2.05) is 37.3 Å². The van der Waals surface area contributed by atoms with Crippen LogP contribution in [0.2, 0.25) is 0 Å². The SMILES string of the molecule is COc1ccc(C(CNC(C)C(=O)Nc2ccc3c(c2)OCO3)c2c[nH]c3ccccc23)cc1. The molecule has 0 bridgehead atoms. The molecular formula is C27H27N3O4. The number of aromatic nitrogens is 1. The zero-order chi connectivity index (χ0) is 23.5. The van der Waals surface area contributed by atoms with Crippen LogP contribution in [0.25, 0.3) is 10.9 Å². The van der Waals surface area contributed by atoms with E-state index in [0.717, 1.165) is 16.8 Å². The first-order chi connectivity index (χ1) is 16.6. The molecule has 2 unspecified atom stereocenters. The van der Waals surface area contributed by atoms with Gasteiger partial charge < -0.3 is 29.8 Å². The van der Waals surface area contributed by atoms with Crippen LogP contribution in [0.4, 0.5) is 5.69 Å². The molecule has 2 heterocycles. The summed E-state index contributed by atoms with van der Waals surface area (Å²) in [6.07, 6.45) is 2.05. The molecule has 2 atom stereocenters. The Morgan fingerprint density at radius 3 is 2.68 bits per heavy atom. The normalized spacial score (nSPS) is 14.1. The fourth-order valence-electron chi connectivity index (χ4n) is 4.24. The molecule has 1 aliphatic heterocycles. The number of rotatable bonds is 8. The van der Waals surface area contributed by atoms with Gasteiger partial charge in [-0.25, -0.2) is 0 Å². The van der Waals surface area contributed by atoms with Crippen LogP contribution in [0.1, 0.15) is 24.0 Å². The highest BCUT2D eigenvalue weighted by molar-refractivity contribution is 5.95. The molecule has 174 valence electrons.